The van der Waals surface area contributed by atoms with Crippen LogP contribution in [-0.2, 0) is 0 Å². The first-order chi connectivity index (χ1) is 43.6. The lowest BCUT2D eigenvalue weighted by Crippen LogP contribution is -1.97. The van der Waals surface area contributed by atoms with Gasteiger partial charge in [0.05, 0.1) is 22.2 Å². The van der Waals surface area contributed by atoms with Gasteiger partial charge in [0.1, 0.15) is 0 Å². The van der Waals surface area contributed by atoms with Crippen LogP contribution < -0.4 is 0 Å². The number of hydrogen-bond donors (Lipinski definition) is 0. The first-order valence-corrected chi connectivity index (χ1v) is 30.3. The highest BCUT2D eigenvalue weighted by atomic mass is 32.1. The lowest BCUT2D eigenvalue weighted by Gasteiger charge is -2.11. The van der Waals surface area contributed by atoms with Crippen LogP contribution >= 0.6 is 11.3 Å². The lowest BCUT2D eigenvalue weighted by molar-refractivity contribution is 1.11. The Hall–Kier alpha value is -11.6. The molecular formula is C81H50N6S. The molecule has 0 atom stereocenters. The molecule has 0 radical (unpaired) electrons. The van der Waals surface area contributed by atoms with Crippen molar-refractivity contribution in [3.05, 3.63) is 315 Å². The van der Waals surface area contributed by atoms with E-state index in [4.69, 9.17) is 19.9 Å². The molecule has 0 aliphatic heterocycles. The number of aromatic nitrogens is 6. The second kappa shape index (κ2) is 21.2. The van der Waals surface area contributed by atoms with Gasteiger partial charge in [-0.25, -0.2) is 0 Å². The minimum Gasteiger partial charge on any atom is -0.309 e. The largest absolute Gasteiger partial charge is 0.309 e. The zero-order valence-corrected chi connectivity index (χ0v) is 48.3. The Kier molecular flexibility index (Phi) is 12.2. The van der Waals surface area contributed by atoms with Crippen LogP contribution in [-0.4, -0.2) is 29.1 Å². The molecule has 16 aromatic rings. The van der Waals surface area contributed by atoms with E-state index in [1.807, 2.05) is 73.0 Å². The lowest BCUT2D eigenvalue weighted by atomic mass is 9.98. The van der Waals surface area contributed by atoms with Crippen LogP contribution in [0.25, 0.3) is 160 Å². The van der Waals surface area contributed by atoms with Crippen molar-refractivity contribution in [1.82, 2.24) is 29.1 Å². The molecule has 0 saturated carbocycles. The van der Waals surface area contributed by atoms with Crippen molar-refractivity contribution in [2.45, 2.75) is 0 Å². The molecule has 7 heterocycles. The molecule has 0 N–H and O–H groups in total. The summed E-state index contributed by atoms with van der Waals surface area (Å²) in [4.78, 5) is 19.0. The summed E-state index contributed by atoms with van der Waals surface area (Å²) in [6.45, 7) is 0. The smallest absolute Gasteiger partial charge is 0.0618 e. The van der Waals surface area contributed by atoms with E-state index < -0.39 is 0 Å². The van der Waals surface area contributed by atoms with Crippen molar-refractivity contribution in [3.63, 3.8) is 0 Å². The van der Waals surface area contributed by atoms with Gasteiger partial charge in [0.2, 0.25) is 0 Å². The van der Waals surface area contributed by atoms with E-state index in [9.17, 15) is 0 Å². The van der Waals surface area contributed by atoms with Crippen LogP contribution in [0.5, 0.6) is 0 Å². The molecule has 0 unspecified atom stereocenters. The monoisotopic (exact) mass is 1140 g/mol. The summed E-state index contributed by atoms with van der Waals surface area (Å²) in [5.74, 6) is 0. The molecule has 0 saturated heterocycles. The normalized spacial score (nSPS) is 12.1. The van der Waals surface area contributed by atoms with E-state index in [0.29, 0.717) is 0 Å². The van der Waals surface area contributed by atoms with Gasteiger partial charge in [-0.05, 0) is 154 Å². The second-order valence-corrected chi connectivity index (χ2v) is 23.6. The van der Waals surface area contributed by atoms with Crippen molar-refractivity contribution in [2.75, 3.05) is 0 Å². The van der Waals surface area contributed by atoms with Crippen molar-refractivity contribution in [2.24, 2.45) is 0 Å². The zero-order chi connectivity index (χ0) is 58.1. The van der Waals surface area contributed by atoms with E-state index in [1.54, 1.807) is 0 Å². The van der Waals surface area contributed by atoms with Crippen molar-refractivity contribution in [3.8, 4) is 89.3 Å². The number of benzene rings is 9. The van der Waals surface area contributed by atoms with Gasteiger partial charge >= 0.3 is 0 Å². The highest BCUT2D eigenvalue weighted by Crippen LogP contribution is 2.44. The number of allylic oxidation sites excluding steroid dienone is 2. The maximum Gasteiger partial charge on any atom is 0.0618 e. The van der Waals surface area contributed by atoms with Gasteiger partial charge in [-0.1, -0.05) is 140 Å². The highest BCUT2D eigenvalue weighted by molar-refractivity contribution is 7.25. The number of fused-ring (bicyclic) bond motifs is 9. The summed E-state index contributed by atoms with van der Waals surface area (Å²) >= 11 is 1.83. The Bertz CT molecular complexity index is 5390. The fourth-order valence-electron chi connectivity index (χ4n) is 12.9. The van der Waals surface area contributed by atoms with Crippen LogP contribution in [0.2, 0.25) is 0 Å². The average molecular weight is 1140 g/mol. The average Bonchev–Trinajstić information content (AvgIpc) is 2.16. The van der Waals surface area contributed by atoms with Crippen LogP contribution in [0.3, 0.4) is 0 Å². The number of thiophene rings is 1. The van der Waals surface area contributed by atoms with Crippen LogP contribution in [0.4, 0.5) is 0 Å². The third-order valence-electron chi connectivity index (χ3n) is 17.2. The van der Waals surface area contributed by atoms with Gasteiger partial charge in [-0.15, -0.1) is 17.1 Å². The Labute approximate surface area is 512 Å². The first-order valence-electron chi connectivity index (χ1n) is 29.5. The fraction of sp³-hybridized carbons (Fsp3) is 0. The summed E-state index contributed by atoms with van der Waals surface area (Å²) in [5, 5.41) is 5.85. The summed E-state index contributed by atoms with van der Waals surface area (Å²) in [5.41, 5.74) is 28.7. The SMILES string of the molecule is C1=CC(c2cncc(-c3ccccc3)c2)=Cc2c(n(-c3ccc4sc5ccc(-n6c7ccc(-c8cncc(-c9ccccc9)c8)cc7c7cc(-c8cncc(-c9ccccc9)c8)ccc76)cc5c4c3)c3ccc(-c4cncc(-c5ccccc5)c4)cc23)C=1. The van der Waals surface area contributed by atoms with Gasteiger partial charge in [0.25, 0.3) is 0 Å². The molecule has 6 nitrogen and oxygen atoms in total. The predicted molar refractivity (Wildman–Crippen MR) is 367 cm³/mol. The van der Waals surface area contributed by atoms with Crippen molar-refractivity contribution >= 4 is 81.9 Å². The molecule has 0 bridgehead atoms. The highest BCUT2D eigenvalue weighted by Gasteiger charge is 2.22. The van der Waals surface area contributed by atoms with E-state index in [0.717, 1.165) is 144 Å². The summed E-state index contributed by atoms with van der Waals surface area (Å²) in [7, 11) is 0. The van der Waals surface area contributed by atoms with Gasteiger partial charge < -0.3 is 9.13 Å². The molecular weight excluding hydrogens is 1090 g/mol. The van der Waals surface area contributed by atoms with Gasteiger partial charge in [0.15, 0.2) is 0 Å². The van der Waals surface area contributed by atoms with Crippen LogP contribution in [0.15, 0.2) is 298 Å². The number of hydrogen-bond acceptors (Lipinski definition) is 5. The zero-order valence-electron chi connectivity index (χ0n) is 47.5. The summed E-state index contributed by atoms with van der Waals surface area (Å²) in [6, 6.07) is 85.4. The minimum atomic E-state index is 1.02. The van der Waals surface area contributed by atoms with Gasteiger partial charge in [-0.2, -0.15) is 0 Å². The van der Waals surface area contributed by atoms with E-state index in [1.165, 1.54) is 20.2 Å². The quantitative estimate of drug-likeness (QED) is 0.128. The molecule has 1 aliphatic rings. The Morgan fingerprint density at radius 1 is 0.273 bits per heavy atom. The molecule has 0 amide bonds. The second-order valence-electron chi connectivity index (χ2n) is 22.5. The van der Waals surface area contributed by atoms with Gasteiger partial charge in [-0.3, -0.25) is 19.9 Å². The number of nitrogens with zero attached hydrogens (tertiary/aromatic N) is 6. The molecule has 9 aromatic carbocycles. The molecule has 17 rings (SSSR count). The van der Waals surface area contributed by atoms with E-state index >= 15 is 0 Å². The molecule has 410 valence electrons. The van der Waals surface area contributed by atoms with E-state index in [2.05, 4.69) is 258 Å². The molecule has 7 aromatic heterocycles. The molecule has 1 aliphatic carbocycles. The molecule has 7 heteroatoms. The van der Waals surface area contributed by atoms with E-state index in [-0.39, 0.29) is 0 Å². The fourth-order valence-corrected chi connectivity index (χ4v) is 14.0. The first kappa shape index (κ1) is 50.9. The number of pyridine rings is 4. The summed E-state index contributed by atoms with van der Waals surface area (Å²) in [6.07, 6.45) is 22.2. The third-order valence-corrected chi connectivity index (χ3v) is 18.4. The third kappa shape index (κ3) is 8.97. The topological polar surface area (TPSA) is 61.4 Å². The summed E-state index contributed by atoms with van der Waals surface area (Å²) < 4.78 is 7.31. The number of rotatable bonds is 10. The predicted octanol–water partition coefficient (Wildman–Crippen LogP) is 21.1. The molecule has 0 fully saturated rings. The maximum absolute atomic E-state index is 4.76. The maximum atomic E-state index is 4.76. The van der Waals surface area contributed by atoms with Crippen LogP contribution in [0, 0.1) is 0 Å². The minimum absolute atomic E-state index is 1.02. The van der Waals surface area contributed by atoms with Gasteiger partial charge in [0, 0.05) is 153 Å². The van der Waals surface area contributed by atoms with Crippen molar-refractivity contribution < 1.29 is 0 Å². The van der Waals surface area contributed by atoms with Crippen LogP contribution in [0.1, 0.15) is 16.8 Å². The standard InChI is InChI=1S/C81H50N6S/c1-5-14-52(15-6-1)60-34-64(48-82-44-60)56-22-13-23-76-70(38-56)71-39-57(65-35-61(45-83-49-65)53-16-7-2-8-17-53)24-29-77(71)86(76)68-27-32-80-74(42-68)75-43-69(28-33-81(75)88-80)87-78-30-25-58(66-36-62(46-84-50-66)54-18-9-3-10-19-54)40-72(78)73-41-59(26-31-79(73)87)67-37-63(47-85-51-67)55-20-11-4-12-21-55/h1-12,14-51H. The molecule has 88 heavy (non-hydrogen) atoms. The Balaban J connectivity index is 0.822. The van der Waals surface area contributed by atoms with Crippen molar-refractivity contribution in [1.29, 1.82) is 0 Å². The Morgan fingerprint density at radius 2 is 0.636 bits per heavy atom. The Morgan fingerprint density at radius 3 is 1.07 bits per heavy atom. The molecule has 0 spiro atoms.